The molecular formula is C15H22FNS. The highest BCUT2D eigenvalue weighted by Crippen LogP contribution is 2.27. The normalized spacial score (nSPS) is 18.8. The van der Waals surface area contributed by atoms with E-state index in [0.29, 0.717) is 6.04 Å². The summed E-state index contributed by atoms with van der Waals surface area (Å²) in [6.07, 6.45) is 4.95. The Morgan fingerprint density at radius 3 is 2.56 bits per heavy atom. The Morgan fingerprint density at radius 1 is 1.28 bits per heavy atom. The van der Waals surface area contributed by atoms with Crippen LogP contribution < -0.4 is 5.32 Å². The van der Waals surface area contributed by atoms with Gasteiger partial charge in [-0.3, -0.25) is 0 Å². The Morgan fingerprint density at radius 2 is 1.94 bits per heavy atom. The Labute approximate surface area is 114 Å². The van der Waals surface area contributed by atoms with Crippen LogP contribution in [0.1, 0.15) is 24.8 Å². The van der Waals surface area contributed by atoms with Crippen LogP contribution in [0.25, 0.3) is 0 Å². The molecule has 1 saturated heterocycles. The van der Waals surface area contributed by atoms with Gasteiger partial charge in [0.2, 0.25) is 0 Å². The highest BCUT2D eigenvalue weighted by molar-refractivity contribution is 7.99. The molecule has 0 amide bonds. The summed E-state index contributed by atoms with van der Waals surface area (Å²) in [4.78, 5) is 0. The van der Waals surface area contributed by atoms with E-state index in [1.807, 2.05) is 19.2 Å². The maximum atomic E-state index is 12.9. The van der Waals surface area contributed by atoms with Crippen LogP contribution in [0.15, 0.2) is 24.3 Å². The van der Waals surface area contributed by atoms with Crippen LogP contribution in [0, 0.1) is 11.7 Å². The molecule has 0 aliphatic carbocycles. The summed E-state index contributed by atoms with van der Waals surface area (Å²) in [6, 6.07) is 7.43. The monoisotopic (exact) mass is 267 g/mol. The Bertz CT molecular complexity index is 346. The fourth-order valence-electron chi connectivity index (χ4n) is 2.59. The van der Waals surface area contributed by atoms with Gasteiger partial charge in [0.15, 0.2) is 0 Å². The molecule has 1 aromatic carbocycles. The molecule has 1 nitrogen and oxygen atoms in total. The molecule has 1 aromatic rings. The quantitative estimate of drug-likeness (QED) is 0.876. The van der Waals surface area contributed by atoms with Crippen molar-refractivity contribution in [2.24, 2.45) is 5.92 Å². The molecule has 1 heterocycles. The summed E-state index contributed by atoms with van der Waals surface area (Å²) >= 11 is 2.08. The second-order valence-electron chi connectivity index (χ2n) is 5.11. The van der Waals surface area contributed by atoms with Crippen molar-refractivity contribution in [3.05, 3.63) is 35.6 Å². The van der Waals surface area contributed by atoms with Crippen molar-refractivity contribution in [1.82, 2.24) is 5.32 Å². The zero-order valence-electron chi connectivity index (χ0n) is 11.0. The second kappa shape index (κ2) is 7.15. The highest BCUT2D eigenvalue weighted by atomic mass is 32.2. The van der Waals surface area contributed by atoms with Crippen LogP contribution >= 0.6 is 11.8 Å². The molecule has 3 heteroatoms. The number of halogens is 1. The maximum Gasteiger partial charge on any atom is 0.123 e. The molecule has 1 aliphatic rings. The number of hydrogen-bond acceptors (Lipinski definition) is 2. The number of rotatable bonds is 5. The van der Waals surface area contributed by atoms with E-state index in [1.165, 1.54) is 36.3 Å². The van der Waals surface area contributed by atoms with E-state index in [0.717, 1.165) is 12.3 Å². The molecule has 2 rings (SSSR count). The van der Waals surface area contributed by atoms with Gasteiger partial charge in [-0.2, -0.15) is 11.8 Å². The topological polar surface area (TPSA) is 12.0 Å². The number of nitrogens with one attached hydrogen (secondary N) is 1. The first-order valence-electron chi connectivity index (χ1n) is 6.77. The van der Waals surface area contributed by atoms with Gasteiger partial charge in [-0.15, -0.1) is 0 Å². The van der Waals surface area contributed by atoms with Gasteiger partial charge in [0.25, 0.3) is 0 Å². The van der Waals surface area contributed by atoms with Crippen molar-refractivity contribution in [3.8, 4) is 0 Å². The van der Waals surface area contributed by atoms with E-state index in [1.54, 1.807) is 12.1 Å². The fourth-order valence-corrected chi connectivity index (χ4v) is 3.80. The molecule has 18 heavy (non-hydrogen) atoms. The smallest absolute Gasteiger partial charge is 0.123 e. The molecule has 1 fully saturated rings. The van der Waals surface area contributed by atoms with Gasteiger partial charge in [0, 0.05) is 6.04 Å². The first-order valence-corrected chi connectivity index (χ1v) is 7.93. The van der Waals surface area contributed by atoms with Gasteiger partial charge in [-0.25, -0.2) is 4.39 Å². The summed E-state index contributed by atoms with van der Waals surface area (Å²) in [7, 11) is 2.03. The zero-order valence-corrected chi connectivity index (χ0v) is 11.8. The van der Waals surface area contributed by atoms with Gasteiger partial charge in [-0.05, 0) is 67.9 Å². The fraction of sp³-hybridized carbons (Fsp3) is 0.600. The third-order valence-electron chi connectivity index (χ3n) is 3.76. The minimum atomic E-state index is -0.149. The van der Waals surface area contributed by atoms with Crippen LogP contribution in [0.4, 0.5) is 4.39 Å². The SMILES string of the molecule is CNC(Cc1ccc(F)cc1)CC1CCSCC1. The van der Waals surface area contributed by atoms with Crippen molar-refractivity contribution < 1.29 is 4.39 Å². The predicted molar refractivity (Wildman–Crippen MR) is 77.6 cm³/mol. The van der Waals surface area contributed by atoms with Crippen LogP contribution in [0.2, 0.25) is 0 Å². The third kappa shape index (κ3) is 4.29. The van der Waals surface area contributed by atoms with Gasteiger partial charge in [-0.1, -0.05) is 12.1 Å². The average Bonchev–Trinajstić information content (AvgIpc) is 2.41. The highest BCUT2D eigenvalue weighted by Gasteiger charge is 2.18. The summed E-state index contributed by atoms with van der Waals surface area (Å²) in [5.74, 6) is 3.35. The second-order valence-corrected chi connectivity index (χ2v) is 6.33. The van der Waals surface area contributed by atoms with Crippen molar-refractivity contribution in [2.75, 3.05) is 18.6 Å². The minimum absolute atomic E-state index is 0.149. The van der Waals surface area contributed by atoms with Gasteiger partial charge in [0.1, 0.15) is 5.82 Å². The summed E-state index contributed by atoms with van der Waals surface area (Å²) in [6.45, 7) is 0. The van der Waals surface area contributed by atoms with Crippen molar-refractivity contribution in [1.29, 1.82) is 0 Å². The van der Waals surface area contributed by atoms with E-state index < -0.39 is 0 Å². The lowest BCUT2D eigenvalue weighted by Gasteiger charge is -2.26. The molecule has 0 saturated carbocycles. The Hall–Kier alpha value is -0.540. The zero-order chi connectivity index (χ0) is 12.8. The van der Waals surface area contributed by atoms with Crippen LogP contribution in [0.3, 0.4) is 0 Å². The van der Waals surface area contributed by atoms with E-state index >= 15 is 0 Å². The molecular weight excluding hydrogens is 245 g/mol. The Balaban J connectivity index is 1.86. The lowest BCUT2D eigenvalue weighted by Crippen LogP contribution is -2.31. The van der Waals surface area contributed by atoms with Crippen molar-refractivity contribution in [2.45, 2.75) is 31.7 Å². The molecule has 1 N–H and O–H groups in total. The van der Waals surface area contributed by atoms with Crippen LogP contribution in [-0.2, 0) is 6.42 Å². The van der Waals surface area contributed by atoms with E-state index in [9.17, 15) is 4.39 Å². The first-order chi connectivity index (χ1) is 8.78. The van der Waals surface area contributed by atoms with Gasteiger partial charge >= 0.3 is 0 Å². The lowest BCUT2D eigenvalue weighted by atomic mass is 9.91. The van der Waals surface area contributed by atoms with Gasteiger partial charge in [0.05, 0.1) is 0 Å². The summed E-state index contributed by atoms with van der Waals surface area (Å²) in [5, 5.41) is 3.41. The standard InChI is InChI=1S/C15H22FNS/c1-17-15(11-13-6-8-18-9-7-13)10-12-2-4-14(16)5-3-12/h2-5,13,15,17H,6-11H2,1H3. The molecule has 0 bridgehead atoms. The number of likely N-dealkylation sites (N-methyl/N-ethyl adjacent to an activating group) is 1. The third-order valence-corrected chi connectivity index (χ3v) is 4.81. The predicted octanol–water partition coefficient (Wildman–Crippen LogP) is 3.49. The molecule has 1 aliphatic heterocycles. The molecule has 100 valence electrons. The van der Waals surface area contributed by atoms with Gasteiger partial charge < -0.3 is 5.32 Å². The van der Waals surface area contributed by atoms with Crippen molar-refractivity contribution in [3.63, 3.8) is 0 Å². The number of thioether (sulfide) groups is 1. The molecule has 0 radical (unpaired) electrons. The lowest BCUT2D eigenvalue weighted by molar-refractivity contribution is 0.376. The number of benzene rings is 1. The van der Waals surface area contributed by atoms with E-state index in [2.05, 4.69) is 17.1 Å². The van der Waals surface area contributed by atoms with E-state index in [-0.39, 0.29) is 5.82 Å². The Kier molecular flexibility index (Phi) is 5.51. The minimum Gasteiger partial charge on any atom is -0.317 e. The number of hydrogen-bond donors (Lipinski definition) is 1. The molecule has 0 aromatic heterocycles. The first kappa shape index (κ1) is 13.9. The summed E-state index contributed by atoms with van der Waals surface area (Å²) < 4.78 is 12.9. The van der Waals surface area contributed by atoms with E-state index in [4.69, 9.17) is 0 Å². The summed E-state index contributed by atoms with van der Waals surface area (Å²) in [5.41, 5.74) is 1.22. The molecule has 1 atom stereocenters. The van der Waals surface area contributed by atoms with Crippen LogP contribution in [0.5, 0.6) is 0 Å². The van der Waals surface area contributed by atoms with Crippen LogP contribution in [-0.4, -0.2) is 24.6 Å². The van der Waals surface area contributed by atoms with Crippen molar-refractivity contribution >= 4 is 11.8 Å². The maximum absolute atomic E-state index is 12.9. The molecule has 0 spiro atoms. The molecule has 1 unspecified atom stereocenters. The average molecular weight is 267 g/mol. The largest absolute Gasteiger partial charge is 0.317 e.